The van der Waals surface area contributed by atoms with Crippen LogP contribution in [-0.2, 0) is 11.2 Å². The molecule has 1 unspecified atom stereocenters. The lowest BCUT2D eigenvalue weighted by atomic mass is 10.1. The number of aryl methyl sites for hydroxylation is 1. The number of hydrogen-bond acceptors (Lipinski definition) is 2. The van der Waals surface area contributed by atoms with Crippen LogP contribution in [-0.4, -0.2) is 19.6 Å². The van der Waals surface area contributed by atoms with Crippen molar-refractivity contribution in [1.82, 2.24) is 5.32 Å². The molecule has 2 aromatic rings. The van der Waals surface area contributed by atoms with Gasteiger partial charge < -0.3 is 10.1 Å². The van der Waals surface area contributed by atoms with Crippen molar-refractivity contribution in [1.29, 1.82) is 0 Å². The molecular weight excluding hydrogens is 281 g/mol. The zero-order valence-corrected chi connectivity index (χ0v) is 12.8. The quantitative estimate of drug-likeness (QED) is 0.886. The highest BCUT2D eigenvalue weighted by atomic mass is 19.1. The standard InChI is InChI=1S/C18H20FNO2/c1-3-13-7-9-14(10-8-13)18(21)20-12-17(22-2)15-5-4-6-16(19)11-15/h4-11,17H,3,12H2,1-2H3,(H,20,21). The number of benzene rings is 2. The molecule has 3 nitrogen and oxygen atoms in total. The summed E-state index contributed by atoms with van der Waals surface area (Å²) in [5, 5.41) is 2.82. The normalized spacial score (nSPS) is 12.0. The van der Waals surface area contributed by atoms with Gasteiger partial charge in [0.25, 0.3) is 5.91 Å². The number of hydrogen-bond donors (Lipinski definition) is 1. The molecule has 0 bridgehead atoms. The van der Waals surface area contributed by atoms with Gasteiger partial charge >= 0.3 is 0 Å². The minimum absolute atomic E-state index is 0.166. The molecule has 116 valence electrons. The first-order valence-corrected chi connectivity index (χ1v) is 7.29. The number of nitrogens with one attached hydrogen (secondary N) is 1. The van der Waals surface area contributed by atoms with E-state index in [1.54, 1.807) is 24.3 Å². The molecule has 0 radical (unpaired) electrons. The Bertz CT molecular complexity index is 625. The maximum atomic E-state index is 13.3. The Morgan fingerprint density at radius 3 is 2.55 bits per heavy atom. The van der Waals surface area contributed by atoms with E-state index in [1.807, 2.05) is 12.1 Å². The molecule has 1 atom stereocenters. The number of halogens is 1. The van der Waals surface area contributed by atoms with Crippen LogP contribution in [0.5, 0.6) is 0 Å². The second kappa shape index (κ2) is 7.71. The fraction of sp³-hybridized carbons (Fsp3) is 0.278. The van der Waals surface area contributed by atoms with Crippen molar-refractivity contribution in [2.45, 2.75) is 19.4 Å². The van der Waals surface area contributed by atoms with Crippen molar-refractivity contribution in [2.75, 3.05) is 13.7 Å². The van der Waals surface area contributed by atoms with E-state index in [9.17, 15) is 9.18 Å². The van der Waals surface area contributed by atoms with Gasteiger partial charge in [-0.2, -0.15) is 0 Å². The van der Waals surface area contributed by atoms with Crippen molar-refractivity contribution in [3.8, 4) is 0 Å². The number of carbonyl (C=O) groups excluding carboxylic acids is 1. The first kappa shape index (κ1) is 16.2. The van der Waals surface area contributed by atoms with Crippen LogP contribution in [0.4, 0.5) is 4.39 Å². The lowest BCUT2D eigenvalue weighted by molar-refractivity contribution is 0.0827. The summed E-state index contributed by atoms with van der Waals surface area (Å²) in [4.78, 5) is 12.1. The van der Waals surface area contributed by atoms with E-state index in [2.05, 4.69) is 12.2 Å². The fourth-order valence-electron chi connectivity index (χ4n) is 2.22. The lowest BCUT2D eigenvalue weighted by Gasteiger charge is -2.16. The van der Waals surface area contributed by atoms with Crippen LogP contribution in [0.25, 0.3) is 0 Å². The van der Waals surface area contributed by atoms with Gasteiger partial charge in [-0.05, 0) is 41.8 Å². The molecule has 0 saturated carbocycles. The first-order chi connectivity index (χ1) is 10.6. The highest BCUT2D eigenvalue weighted by Gasteiger charge is 2.13. The van der Waals surface area contributed by atoms with E-state index in [4.69, 9.17) is 4.74 Å². The molecule has 22 heavy (non-hydrogen) atoms. The minimum Gasteiger partial charge on any atom is -0.375 e. The summed E-state index contributed by atoms with van der Waals surface area (Å²) >= 11 is 0. The molecule has 4 heteroatoms. The number of carbonyl (C=O) groups is 1. The van der Waals surface area contributed by atoms with Crippen LogP contribution in [0.1, 0.15) is 34.5 Å². The second-order valence-electron chi connectivity index (χ2n) is 5.04. The summed E-state index contributed by atoms with van der Waals surface area (Å²) in [5.74, 6) is -0.484. The number of ether oxygens (including phenoxy) is 1. The van der Waals surface area contributed by atoms with Crippen molar-refractivity contribution in [3.63, 3.8) is 0 Å². The maximum Gasteiger partial charge on any atom is 0.251 e. The highest BCUT2D eigenvalue weighted by molar-refractivity contribution is 5.94. The first-order valence-electron chi connectivity index (χ1n) is 7.29. The van der Waals surface area contributed by atoms with Gasteiger partial charge in [-0.1, -0.05) is 31.2 Å². The average Bonchev–Trinajstić information content (AvgIpc) is 2.55. The average molecular weight is 301 g/mol. The molecule has 1 N–H and O–H groups in total. The Morgan fingerprint density at radius 1 is 1.23 bits per heavy atom. The predicted molar refractivity (Wildman–Crippen MR) is 84.3 cm³/mol. The summed E-state index contributed by atoms with van der Waals surface area (Å²) in [5.41, 5.74) is 2.49. The molecule has 0 heterocycles. The topological polar surface area (TPSA) is 38.3 Å². The van der Waals surface area contributed by atoms with Gasteiger partial charge in [0.2, 0.25) is 0 Å². The molecular formula is C18H20FNO2. The largest absolute Gasteiger partial charge is 0.375 e. The molecule has 0 fully saturated rings. The Labute approximate surface area is 130 Å². The van der Waals surface area contributed by atoms with E-state index in [0.29, 0.717) is 11.1 Å². The Kier molecular flexibility index (Phi) is 5.67. The van der Waals surface area contributed by atoms with Crippen molar-refractivity contribution in [2.24, 2.45) is 0 Å². The lowest BCUT2D eigenvalue weighted by Crippen LogP contribution is -2.29. The van der Waals surface area contributed by atoms with Crippen molar-refractivity contribution in [3.05, 3.63) is 71.0 Å². The molecule has 0 aromatic heterocycles. The summed E-state index contributed by atoms with van der Waals surface area (Å²) in [6.07, 6.45) is 0.558. The highest BCUT2D eigenvalue weighted by Crippen LogP contribution is 2.17. The monoisotopic (exact) mass is 301 g/mol. The molecule has 0 aliphatic carbocycles. The third-order valence-electron chi connectivity index (χ3n) is 3.58. The van der Waals surface area contributed by atoms with Gasteiger partial charge in [-0.15, -0.1) is 0 Å². The van der Waals surface area contributed by atoms with Crippen molar-refractivity contribution < 1.29 is 13.9 Å². The van der Waals surface area contributed by atoms with Crippen molar-refractivity contribution >= 4 is 5.91 Å². The van der Waals surface area contributed by atoms with E-state index >= 15 is 0 Å². The van der Waals surface area contributed by atoms with Gasteiger partial charge in [0.15, 0.2) is 0 Å². The van der Waals surface area contributed by atoms with Crippen LogP contribution in [0.2, 0.25) is 0 Å². The van der Waals surface area contributed by atoms with Crippen LogP contribution >= 0.6 is 0 Å². The van der Waals surface area contributed by atoms with Gasteiger partial charge in [-0.25, -0.2) is 4.39 Å². The minimum atomic E-state index is -0.380. The molecule has 0 aliphatic heterocycles. The number of methoxy groups -OCH3 is 1. The molecule has 0 saturated heterocycles. The zero-order chi connectivity index (χ0) is 15.9. The predicted octanol–water partition coefficient (Wildman–Crippen LogP) is 3.51. The number of rotatable bonds is 6. The van der Waals surface area contributed by atoms with Gasteiger partial charge in [-0.3, -0.25) is 4.79 Å². The van der Waals surface area contributed by atoms with Crippen LogP contribution < -0.4 is 5.32 Å². The second-order valence-corrected chi connectivity index (χ2v) is 5.04. The van der Waals surface area contributed by atoms with Gasteiger partial charge in [0.1, 0.15) is 5.82 Å². The molecule has 0 aliphatic rings. The van der Waals surface area contributed by atoms with E-state index in [-0.39, 0.29) is 24.4 Å². The zero-order valence-electron chi connectivity index (χ0n) is 12.8. The van der Waals surface area contributed by atoms with Crippen LogP contribution in [0, 0.1) is 5.82 Å². The fourth-order valence-corrected chi connectivity index (χ4v) is 2.22. The Hall–Kier alpha value is -2.20. The smallest absolute Gasteiger partial charge is 0.251 e. The maximum absolute atomic E-state index is 13.3. The van der Waals surface area contributed by atoms with E-state index < -0.39 is 0 Å². The molecule has 1 amide bonds. The van der Waals surface area contributed by atoms with Crippen LogP contribution in [0.3, 0.4) is 0 Å². The summed E-state index contributed by atoms with van der Waals surface area (Å²) in [7, 11) is 1.54. The molecule has 2 aromatic carbocycles. The summed E-state index contributed by atoms with van der Waals surface area (Å²) < 4.78 is 18.6. The Morgan fingerprint density at radius 2 is 1.95 bits per heavy atom. The number of amides is 1. The van der Waals surface area contributed by atoms with E-state index in [0.717, 1.165) is 6.42 Å². The summed E-state index contributed by atoms with van der Waals surface area (Å²) in [6, 6.07) is 13.7. The SMILES string of the molecule is CCc1ccc(C(=O)NCC(OC)c2cccc(F)c2)cc1. The third kappa shape index (κ3) is 4.15. The van der Waals surface area contributed by atoms with Gasteiger partial charge in [0.05, 0.1) is 6.10 Å². The molecule has 2 rings (SSSR count). The molecule has 0 spiro atoms. The Balaban J connectivity index is 1.99. The third-order valence-corrected chi connectivity index (χ3v) is 3.58. The summed E-state index contributed by atoms with van der Waals surface area (Å²) in [6.45, 7) is 2.35. The van der Waals surface area contributed by atoms with E-state index in [1.165, 1.54) is 24.8 Å². The van der Waals surface area contributed by atoms with Crippen LogP contribution in [0.15, 0.2) is 48.5 Å². The van der Waals surface area contributed by atoms with Gasteiger partial charge in [0, 0.05) is 19.2 Å².